The molecule has 12 heteroatoms. The Balaban J connectivity index is 2.02. The Morgan fingerprint density at radius 2 is 2.25 bits per heavy atom. The van der Waals surface area contributed by atoms with Crippen LogP contribution in [-0.2, 0) is 13.2 Å². The number of rotatable bonds is 5. The predicted octanol–water partition coefficient (Wildman–Crippen LogP) is 2.78. The number of nitriles is 1. The molecule has 0 aliphatic carbocycles. The lowest BCUT2D eigenvalue weighted by atomic mass is 10.1. The molecule has 0 bridgehead atoms. The topological polar surface area (TPSA) is 104 Å². The summed E-state index contributed by atoms with van der Waals surface area (Å²) in [4.78, 5) is 28.4. The lowest BCUT2D eigenvalue weighted by Crippen LogP contribution is -2.39. The number of aromatic nitrogens is 3. The van der Waals surface area contributed by atoms with Gasteiger partial charge < -0.3 is 0 Å². The number of aromatic amines is 1. The number of nitrogens with zero attached hydrogens (tertiary/aromatic N) is 3. The van der Waals surface area contributed by atoms with Crippen LogP contribution in [0.5, 0.6) is 0 Å². The van der Waals surface area contributed by atoms with Gasteiger partial charge in [0.1, 0.15) is 11.1 Å². The summed E-state index contributed by atoms with van der Waals surface area (Å²) in [7, 11) is 1.38. The largest absolute Gasteiger partial charge is 0.438 e. The molecule has 0 spiro atoms. The maximum atomic E-state index is 13.5. The normalized spacial score (nSPS) is 11.4. The standard InChI is InChI=1S/C16H9F3N4O3S2/c1-23-13(15(25)26-22-23)11(24)7-28-14-8(6-20)9(16(17,18)19)5-10(21-14)12-3-2-4-27-12/h2-5H,7H2,1H3/p+1. The van der Waals surface area contributed by atoms with Crippen LogP contribution in [-0.4, -0.2) is 21.8 Å². The van der Waals surface area contributed by atoms with Crippen LogP contribution in [0.4, 0.5) is 13.2 Å². The zero-order valence-corrected chi connectivity index (χ0v) is 15.7. The smallest absolute Gasteiger partial charge is 0.286 e. The van der Waals surface area contributed by atoms with Gasteiger partial charge in [0.2, 0.25) is 5.78 Å². The minimum atomic E-state index is -4.77. The van der Waals surface area contributed by atoms with Gasteiger partial charge in [-0.1, -0.05) is 22.5 Å². The average molecular weight is 427 g/mol. The highest BCUT2D eigenvalue weighted by molar-refractivity contribution is 8.00. The fourth-order valence-electron chi connectivity index (χ4n) is 2.35. The van der Waals surface area contributed by atoms with E-state index in [0.717, 1.165) is 10.7 Å². The van der Waals surface area contributed by atoms with E-state index in [1.807, 2.05) is 0 Å². The molecule has 3 aromatic rings. The van der Waals surface area contributed by atoms with E-state index in [2.05, 4.69) is 14.8 Å². The molecule has 0 saturated carbocycles. The number of thiophene rings is 1. The summed E-state index contributed by atoms with van der Waals surface area (Å²) < 4.78 is 45.9. The third kappa shape index (κ3) is 3.85. The van der Waals surface area contributed by atoms with Crippen LogP contribution in [0.3, 0.4) is 0 Å². The number of halogens is 3. The van der Waals surface area contributed by atoms with Crippen LogP contribution in [0.25, 0.3) is 10.6 Å². The molecule has 0 unspecified atom stereocenters. The monoisotopic (exact) mass is 427 g/mol. The van der Waals surface area contributed by atoms with Crippen molar-refractivity contribution in [3.8, 4) is 16.6 Å². The van der Waals surface area contributed by atoms with E-state index in [9.17, 15) is 28.0 Å². The molecule has 144 valence electrons. The molecule has 3 aromatic heterocycles. The summed E-state index contributed by atoms with van der Waals surface area (Å²) in [6.07, 6.45) is -4.77. The zero-order chi connectivity index (χ0) is 20.5. The summed E-state index contributed by atoms with van der Waals surface area (Å²) in [5.41, 5.74) is -2.95. The highest BCUT2D eigenvalue weighted by atomic mass is 32.2. The lowest BCUT2D eigenvalue weighted by molar-refractivity contribution is -0.741. The van der Waals surface area contributed by atoms with Crippen LogP contribution in [0.15, 0.2) is 37.9 Å². The SMILES string of the molecule is C[n+]1[nH]oc(=O)c1C(=O)CSc1nc(-c2cccs2)cc(C(F)(F)F)c1C#N. The van der Waals surface area contributed by atoms with Gasteiger partial charge in [0.05, 0.1) is 27.5 Å². The Bertz CT molecular complexity index is 1130. The lowest BCUT2D eigenvalue weighted by Gasteiger charge is -2.13. The minimum Gasteiger partial charge on any atom is -0.286 e. The molecule has 0 aromatic carbocycles. The number of pyridine rings is 1. The van der Waals surface area contributed by atoms with Crippen molar-refractivity contribution in [3.05, 3.63) is 50.8 Å². The first kappa shape index (κ1) is 19.8. The Labute approximate surface area is 163 Å². The van der Waals surface area contributed by atoms with Crippen LogP contribution >= 0.6 is 23.1 Å². The number of H-pyrrole nitrogens is 1. The molecule has 0 atom stereocenters. The van der Waals surface area contributed by atoms with Crippen molar-refractivity contribution < 1.29 is 27.2 Å². The van der Waals surface area contributed by atoms with Gasteiger partial charge in [0, 0.05) is 0 Å². The number of carbonyl (C=O) groups excluding carboxylic acids is 1. The zero-order valence-electron chi connectivity index (χ0n) is 14.0. The van der Waals surface area contributed by atoms with Crippen molar-refractivity contribution >= 4 is 28.9 Å². The molecule has 28 heavy (non-hydrogen) atoms. The molecule has 0 aliphatic rings. The number of nitrogens with one attached hydrogen (secondary N) is 1. The van der Waals surface area contributed by atoms with Crippen LogP contribution in [0.2, 0.25) is 0 Å². The first-order valence-corrected chi connectivity index (χ1v) is 9.38. The fraction of sp³-hybridized carbons (Fsp3) is 0.188. The van der Waals surface area contributed by atoms with Gasteiger partial charge in [-0.15, -0.1) is 11.3 Å². The highest BCUT2D eigenvalue weighted by Crippen LogP contribution is 2.38. The van der Waals surface area contributed by atoms with Gasteiger partial charge in [-0.3, -0.25) is 9.32 Å². The van der Waals surface area contributed by atoms with E-state index in [4.69, 9.17) is 0 Å². The maximum absolute atomic E-state index is 13.5. The molecule has 3 rings (SSSR count). The van der Waals surface area contributed by atoms with Crippen LogP contribution < -0.4 is 10.3 Å². The second-order valence-corrected chi connectivity index (χ2v) is 7.33. The summed E-state index contributed by atoms with van der Waals surface area (Å²) in [6, 6.07) is 5.60. The molecule has 0 aliphatic heterocycles. The van der Waals surface area contributed by atoms with E-state index in [-0.39, 0.29) is 16.4 Å². The van der Waals surface area contributed by atoms with Gasteiger partial charge in [-0.25, -0.2) is 9.78 Å². The third-order valence-corrected chi connectivity index (χ3v) is 5.45. The summed E-state index contributed by atoms with van der Waals surface area (Å²) in [6.45, 7) is 0. The van der Waals surface area contributed by atoms with E-state index >= 15 is 0 Å². The van der Waals surface area contributed by atoms with Gasteiger partial charge in [-0.05, 0) is 22.8 Å². The third-order valence-electron chi connectivity index (χ3n) is 3.59. The molecule has 0 fully saturated rings. The summed E-state index contributed by atoms with van der Waals surface area (Å²) >= 11 is 1.84. The van der Waals surface area contributed by atoms with Gasteiger partial charge in [-0.2, -0.15) is 18.4 Å². The number of carbonyl (C=O) groups is 1. The first-order valence-electron chi connectivity index (χ1n) is 7.52. The van der Waals surface area contributed by atoms with Crippen LogP contribution in [0.1, 0.15) is 21.6 Å². The van der Waals surface area contributed by atoms with Crippen molar-refractivity contribution in [1.82, 2.24) is 10.3 Å². The second-order valence-electron chi connectivity index (χ2n) is 5.42. The molecule has 0 amide bonds. The van der Waals surface area contributed by atoms with E-state index in [0.29, 0.717) is 16.6 Å². The molecule has 3 heterocycles. The molecule has 1 N–H and O–H groups in total. The molecule has 0 radical (unpaired) electrons. The average Bonchev–Trinajstić information content (AvgIpc) is 3.28. The number of ketones is 1. The number of hydrogen-bond acceptors (Lipinski definition) is 7. The Morgan fingerprint density at radius 3 is 2.79 bits per heavy atom. The molecular formula is C16H10F3N4O3S2+. The number of alkyl halides is 3. The number of aryl methyl sites for hydroxylation is 1. The van der Waals surface area contributed by atoms with Crippen molar-refractivity contribution in [2.45, 2.75) is 11.2 Å². The van der Waals surface area contributed by atoms with Crippen molar-refractivity contribution in [2.75, 3.05) is 5.75 Å². The molecule has 0 saturated heterocycles. The highest BCUT2D eigenvalue weighted by Gasteiger charge is 2.36. The minimum absolute atomic E-state index is 0.0444. The predicted molar refractivity (Wildman–Crippen MR) is 92.8 cm³/mol. The van der Waals surface area contributed by atoms with E-state index in [1.54, 1.807) is 17.5 Å². The van der Waals surface area contributed by atoms with Crippen molar-refractivity contribution in [1.29, 1.82) is 5.26 Å². The molecular weight excluding hydrogens is 417 g/mol. The Morgan fingerprint density at radius 1 is 1.50 bits per heavy atom. The first-order chi connectivity index (χ1) is 13.2. The number of thioether (sulfide) groups is 1. The fourth-order valence-corrected chi connectivity index (χ4v) is 3.91. The number of Topliss-reactive ketones (excluding diaryl/α,β-unsaturated/α-hetero) is 1. The second kappa shape index (κ2) is 7.61. The Kier molecular flexibility index (Phi) is 5.39. The van der Waals surface area contributed by atoms with Crippen molar-refractivity contribution in [3.63, 3.8) is 0 Å². The summed E-state index contributed by atoms with van der Waals surface area (Å²) in [5.74, 6) is -1.08. The summed E-state index contributed by atoms with van der Waals surface area (Å²) in [5, 5.41) is 12.9. The Hall–Kier alpha value is -2.91. The van der Waals surface area contributed by atoms with Crippen LogP contribution in [0, 0.1) is 11.3 Å². The quantitative estimate of drug-likeness (QED) is 0.382. The molecule has 7 nitrogen and oxygen atoms in total. The maximum Gasteiger partial charge on any atom is 0.438 e. The van der Waals surface area contributed by atoms with E-state index < -0.39 is 34.5 Å². The van der Waals surface area contributed by atoms with E-state index in [1.165, 1.54) is 24.5 Å². The number of hydrogen-bond donors (Lipinski definition) is 1. The van der Waals surface area contributed by atoms with Gasteiger partial charge >= 0.3 is 17.5 Å². The van der Waals surface area contributed by atoms with Crippen molar-refractivity contribution in [2.24, 2.45) is 7.05 Å². The van der Waals surface area contributed by atoms with Gasteiger partial charge in [0.15, 0.2) is 7.05 Å². The van der Waals surface area contributed by atoms with Gasteiger partial charge in [0.25, 0.3) is 0 Å².